The van der Waals surface area contributed by atoms with Crippen molar-refractivity contribution < 1.29 is 10.0 Å². The van der Waals surface area contributed by atoms with Gasteiger partial charge in [-0.1, -0.05) is 23.4 Å². The highest BCUT2D eigenvalue weighted by Crippen LogP contribution is 2.26. The summed E-state index contributed by atoms with van der Waals surface area (Å²) in [7, 11) is 0. The van der Waals surface area contributed by atoms with Crippen molar-refractivity contribution in [2.24, 2.45) is 5.16 Å². The van der Waals surface area contributed by atoms with Crippen LogP contribution < -0.4 is 10.2 Å². The average Bonchev–Trinajstić information content (AvgIpc) is 2.38. The molecule has 0 radical (unpaired) electrons. The summed E-state index contributed by atoms with van der Waals surface area (Å²) < 4.78 is 0. The van der Waals surface area contributed by atoms with Crippen LogP contribution >= 0.6 is 0 Å². The van der Waals surface area contributed by atoms with Gasteiger partial charge in [0.25, 0.3) is 0 Å². The molecule has 0 spiro atoms. The lowest BCUT2D eigenvalue weighted by Gasteiger charge is -2.31. The quantitative estimate of drug-likeness (QED) is 0.641. The first-order valence-electron chi connectivity index (χ1n) is 6.46. The summed E-state index contributed by atoms with van der Waals surface area (Å²) in [5.41, 5.74) is 2.52. The average molecular weight is 261 g/mol. The third-order valence-electron chi connectivity index (χ3n) is 3.08. The third kappa shape index (κ3) is 3.05. The van der Waals surface area contributed by atoms with E-state index < -0.39 is 0 Å². The number of rotatable bonds is 3. The van der Waals surface area contributed by atoms with Crippen LogP contribution in [0.1, 0.15) is 25.8 Å². The molecule has 19 heavy (non-hydrogen) atoms. The SMILES string of the molecule is CC(C)NC(=O)CN1CCC(=NO)c2ccccc21. The van der Waals surface area contributed by atoms with Gasteiger partial charge in [-0.2, -0.15) is 0 Å². The standard InChI is InChI=1S/C14H19N3O2/c1-10(2)15-14(18)9-17-8-7-12(16-19)11-5-3-4-6-13(11)17/h3-6,10,19H,7-9H2,1-2H3,(H,15,18). The molecule has 1 heterocycles. The molecule has 0 fully saturated rings. The Hall–Kier alpha value is -2.04. The topological polar surface area (TPSA) is 64.9 Å². The summed E-state index contributed by atoms with van der Waals surface area (Å²) in [4.78, 5) is 13.9. The van der Waals surface area contributed by atoms with E-state index in [0.717, 1.165) is 11.3 Å². The highest BCUT2D eigenvalue weighted by atomic mass is 16.4. The maximum absolute atomic E-state index is 11.9. The summed E-state index contributed by atoms with van der Waals surface area (Å²) in [6.45, 7) is 4.90. The molecule has 0 saturated heterocycles. The van der Waals surface area contributed by atoms with E-state index in [2.05, 4.69) is 10.5 Å². The van der Waals surface area contributed by atoms with Gasteiger partial charge in [-0.05, 0) is 19.9 Å². The lowest BCUT2D eigenvalue weighted by atomic mass is 9.99. The second-order valence-electron chi connectivity index (χ2n) is 4.96. The van der Waals surface area contributed by atoms with Crippen LogP contribution in [0.3, 0.4) is 0 Å². The number of oxime groups is 1. The lowest BCUT2D eigenvalue weighted by molar-refractivity contribution is -0.120. The van der Waals surface area contributed by atoms with Crippen LogP contribution in [0.25, 0.3) is 0 Å². The Morgan fingerprint density at radius 2 is 2.21 bits per heavy atom. The van der Waals surface area contributed by atoms with E-state index in [0.29, 0.717) is 25.2 Å². The minimum Gasteiger partial charge on any atom is -0.411 e. The number of benzene rings is 1. The number of nitrogens with one attached hydrogen (secondary N) is 1. The zero-order valence-electron chi connectivity index (χ0n) is 11.3. The highest BCUT2D eigenvalue weighted by Gasteiger charge is 2.23. The fourth-order valence-corrected chi connectivity index (χ4v) is 2.30. The Labute approximate surface area is 112 Å². The van der Waals surface area contributed by atoms with Gasteiger partial charge in [0.2, 0.25) is 5.91 Å². The van der Waals surface area contributed by atoms with Crippen molar-refractivity contribution >= 4 is 17.3 Å². The van der Waals surface area contributed by atoms with E-state index in [1.165, 1.54) is 0 Å². The number of fused-ring (bicyclic) bond motifs is 1. The summed E-state index contributed by atoms with van der Waals surface area (Å²) in [5.74, 6) is 0.00851. The van der Waals surface area contributed by atoms with Gasteiger partial charge in [-0.15, -0.1) is 0 Å². The van der Waals surface area contributed by atoms with Crippen LogP contribution in [-0.4, -0.2) is 36.0 Å². The fraction of sp³-hybridized carbons (Fsp3) is 0.429. The van der Waals surface area contributed by atoms with Gasteiger partial charge in [0.05, 0.1) is 12.3 Å². The van der Waals surface area contributed by atoms with Crippen LogP contribution in [0, 0.1) is 0 Å². The van der Waals surface area contributed by atoms with Gasteiger partial charge in [-0.25, -0.2) is 0 Å². The molecule has 1 aromatic carbocycles. The van der Waals surface area contributed by atoms with E-state index in [1.807, 2.05) is 43.0 Å². The third-order valence-corrected chi connectivity index (χ3v) is 3.08. The molecule has 1 aromatic rings. The molecule has 1 amide bonds. The number of carbonyl (C=O) groups is 1. The van der Waals surface area contributed by atoms with Crippen LogP contribution in [-0.2, 0) is 4.79 Å². The maximum Gasteiger partial charge on any atom is 0.239 e. The first kappa shape index (κ1) is 13.4. The second-order valence-corrected chi connectivity index (χ2v) is 4.96. The summed E-state index contributed by atoms with van der Waals surface area (Å²) in [6, 6.07) is 7.83. The Bertz CT molecular complexity index is 497. The van der Waals surface area contributed by atoms with E-state index in [-0.39, 0.29) is 11.9 Å². The molecular weight excluding hydrogens is 242 g/mol. The number of para-hydroxylation sites is 1. The van der Waals surface area contributed by atoms with Gasteiger partial charge in [0, 0.05) is 30.3 Å². The molecule has 0 bridgehead atoms. The molecule has 1 aliphatic rings. The molecule has 1 aliphatic heterocycles. The first-order chi connectivity index (χ1) is 9.11. The van der Waals surface area contributed by atoms with E-state index in [4.69, 9.17) is 5.21 Å². The smallest absolute Gasteiger partial charge is 0.239 e. The number of anilines is 1. The lowest BCUT2D eigenvalue weighted by Crippen LogP contribution is -2.42. The molecule has 0 aliphatic carbocycles. The van der Waals surface area contributed by atoms with Gasteiger partial charge < -0.3 is 15.4 Å². The number of hydrogen-bond donors (Lipinski definition) is 2. The van der Waals surface area contributed by atoms with E-state index in [1.54, 1.807) is 0 Å². The number of amides is 1. The van der Waals surface area contributed by atoms with Gasteiger partial charge in [0.1, 0.15) is 0 Å². The van der Waals surface area contributed by atoms with Crippen LogP contribution in [0.4, 0.5) is 5.69 Å². The highest BCUT2D eigenvalue weighted by molar-refractivity contribution is 6.07. The Kier molecular flexibility index (Phi) is 4.04. The van der Waals surface area contributed by atoms with Crippen molar-refractivity contribution in [3.8, 4) is 0 Å². The zero-order valence-corrected chi connectivity index (χ0v) is 11.3. The van der Waals surface area contributed by atoms with Crippen molar-refractivity contribution in [2.45, 2.75) is 26.3 Å². The Morgan fingerprint density at radius 3 is 2.89 bits per heavy atom. The van der Waals surface area contributed by atoms with E-state index in [9.17, 15) is 4.79 Å². The molecule has 0 saturated carbocycles. The molecule has 5 heteroatoms. The Morgan fingerprint density at radius 1 is 1.47 bits per heavy atom. The predicted molar refractivity (Wildman–Crippen MR) is 74.9 cm³/mol. The van der Waals surface area contributed by atoms with Crippen LogP contribution in [0.2, 0.25) is 0 Å². The molecule has 0 unspecified atom stereocenters. The van der Waals surface area contributed by atoms with Crippen molar-refractivity contribution in [3.63, 3.8) is 0 Å². The number of nitrogens with zero attached hydrogens (tertiary/aromatic N) is 2. The van der Waals surface area contributed by atoms with Gasteiger partial charge in [0.15, 0.2) is 0 Å². The predicted octanol–water partition coefficient (Wildman–Crippen LogP) is 1.60. The maximum atomic E-state index is 11.9. The van der Waals surface area contributed by atoms with E-state index >= 15 is 0 Å². The summed E-state index contributed by atoms with van der Waals surface area (Å²) >= 11 is 0. The fourth-order valence-electron chi connectivity index (χ4n) is 2.30. The Balaban J connectivity index is 2.18. The number of carbonyl (C=O) groups excluding carboxylic acids is 1. The minimum absolute atomic E-state index is 0.00851. The van der Waals surface area contributed by atoms with Crippen molar-refractivity contribution in [1.29, 1.82) is 0 Å². The second kappa shape index (κ2) is 5.73. The monoisotopic (exact) mass is 261 g/mol. The summed E-state index contributed by atoms with van der Waals surface area (Å²) in [5, 5.41) is 15.2. The summed E-state index contributed by atoms with van der Waals surface area (Å²) in [6.07, 6.45) is 0.641. The molecule has 2 rings (SSSR count). The first-order valence-corrected chi connectivity index (χ1v) is 6.46. The van der Waals surface area contributed by atoms with Crippen LogP contribution in [0.5, 0.6) is 0 Å². The zero-order chi connectivity index (χ0) is 13.8. The molecule has 0 aromatic heterocycles. The molecule has 0 atom stereocenters. The van der Waals surface area contributed by atoms with Crippen molar-refractivity contribution in [1.82, 2.24) is 5.32 Å². The van der Waals surface area contributed by atoms with Crippen molar-refractivity contribution in [3.05, 3.63) is 29.8 Å². The largest absolute Gasteiger partial charge is 0.411 e. The minimum atomic E-state index is 0.00851. The van der Waals surface area contributed by atoms with Gasteiger partial charge >= 0.3 is 0 Å². The normalized spacial score (nSPS) is 16.6. The molecular formula is C14H19N3O2. The van der Waals surface area contributed by atoms with Gasteiger partial charge in [-0.3, -0.25) is 4.79 Å². The number of hydrogen-bond acceptors (Lipinski definition) is 4. The van der Waals surface area contributed by atoms with Crippen LogP contribution in [0.15, 0.2) is 29.4 Å². The molecule has 2 N–H and O–H groups in total. The van der Waals surface area contributed by atoms with Crippen molar-refractivity contribution in [2.75, 3.05) is 18.0 Å². The molecule has 5 nitrogen and oxygen atoms in total. The molecule has 102 valence electrons.